The van der Waals surface area contributed by atoms with Gasteiger partial charge in [0.2, 0.25) is 0 Å². The van der Waals surface area contributed by atoms with Gasteiger partial charge in [-0.1, -0.05) is 0 Å². The molecule has 7 nitrogen and oxygen atoms in total. The first-order chi connectivity index (χ1) is 5.04. The molecule has 0 fully saturated rings. The standard InChI is InChI=1S/C2H2O5.C2H6O2.2Li/c3-1(4)7-2(5)6;3-1-2-4;;/h(H,3,4)(H,5,6);3-4H,1-2H2;;/q;;2*+1/p-2. The van der Waals surface area contributed by atoms with Crippen LogP contribution in [0.3, 0.4) is 0 Å². The molecule has 0 rings (SSSR count). The van der Waals surface area contributed by atoms with E-state index < -0.39 is 12.3 Å². The van der Waals surface area contributed by atoms with Crippen molar-refractivity contribution in [2.45, 2.75) is 0 Å². The van der Waals surface area contributed by atoms with Gasteiger partial charge >= 0.3 is 37.7 Å². The van der Waals surface area contributed by atoms with E-state index in [-0.39, 0.29) is 50.9 Å². The SMILES string of the molecule is O=C([O-])OC(=O)[O-].OCCO.[Li+].[Li+]. The van der Waals surface area contributed by atoms with E-state index in [2.05, 4.69) is 4.74 Å². The van der Waals surface area contributed by atoms with E-state index >= 15 is 0 Å². The van der Waals surface area contributed by atoms with E-state index in [1.54, 1.807) is 0 Å². The van der Waals surface area contributed by atoms with Crippen LogP contribution in [0.1, 0.15) is 0 Å². The summed E-state index contributed by atoms with van der Waals surface area (Å²) in [5.41, 5.74) is 0. The van der Waals surface area contributed by atoms with E-state index in [0.29, 0.717) is 0 Å². The Bertz CT molecular complexity index is 114. The third-order valence-electron chi connectivity index (χ3n) is 0.267. The summed E-state index contributed by atoms with van der Waals surface area (Å²) in [6.45, 7) is -0.250. The molecule has 2 N–H and O–H groups in total. The van der Waals surface area contributed by atoms with Gasteiger partial charge in [0.25, 0.3) is 12.3 Å². The fourth-order valence-electron chi connectivity index (χ4n) is 0.0680. The minimum atomic E-state index is -2.12. The molecule has 0 aromatic heterocycles. The smallest absolute Gasteiger partial charge is 0.483 e. The first-order valence-corrected chi connectivity index (χ1v) is 2.36. The first-order valence-electron chi connectivity index (χ1n) is 2.36. The predicted molar refractivity (Wildman–Crippen MR) is 26.0 cm³/mol. The van der Waals surface area contributed by atoms with E-state index in [1.165, 1.54) is 0 Å². The summed E-state index contributed by atoms with van der Waals surface area (Å²) >= 11 is 0. The Morgan fingerprint density at radius 3 is 1.23 bits per heavy atom. The Hall–Kier alpha value is -0.145. The van der Waals surface area contributed by atoms with Gasteiger partial charge in [0, 0.05) is 0 Å². The van der Waals surface area contributed by atoms with Crippen LogP contribution in [0, 0.1) is 0 Å². The zero-order valence-electron chi connectivity index (χ0n) is 7.35. The number of aliphatic hydroxyl groups is 2. The van der Waals surface area contributed by atoms with Crippen LogP contribution in [0.25, 0.3) is 0 Å². The molecule has 0 aromatic carbocycles. The Kier molecular flexibility index (Phi) is 31.6. The molecule has 0 amide bonds. The quantitative estimate of drug-likeness (QED) is 0.232. The van der Waals surface area contributed by atoms with Crippen molar-refractivity contribution < 1.29 is 72.5 Å². The van der Waals surface area contributed by atoms with Gasteiger partial charge in [-0.15, -0.1) is 0 Å². The molecule has 0 heterocycles. The summed E-state index contributed by atoms with van der Waals surface area (Å²) in [4.78, 5) is 18.1. The first kappa shape index (κ1) is 23.0. The monoisotopic (exact) mass is 180 g/mol. The fraction of sp³-hybridized carbons (Fsp3) is 0.500. The Morgan fingerprint density at radius 2 is 1.23 bits per heavy atom. The van der Waals surface area contributed by atoms with Crippen molar-refractivity contribution in [2.75, 3.05) is 13.2 Å². The second-order valence-corrected chi connectivity index (χ2v) is 1.05. The Balaban J connectivity index is -0.0000000600. The van der Waals surface area contributed by atoms with Crippen LogP contribution in [0.5, 0.6) is 0 Å². The molecular weight excluding hydrogens is 174 g/mol. The van der Waals surface area contributed by atoms with E-state index in [0.717, 1.165) is 0 Å². The normalized spacial score (nSPS) is 6.31. The number of carbonyl (C=O) groups excluding carboxylic acids is 2. The predicted octanol–water partition coefficient (Wildman–Crippen LogP) is -9.33. The summed E-state index contributed by atoms with van der Waals surface area (Å²) in [7, 11) is 0. The zero-order chi connectivity index (χ0) is 9.28. The third-order valence-corrected chi connectivity index (χ3v) is 0.267. The molecule has 0 aliphatic rings. The number of carbonyl (C=O) groups is 2. The van der Waals surface area contributed by atoms with Crippen LogP contribution >= 0.6 is 0 Å². The second-order valence-electron chi connectivity index (χ2n) is 1.05. The van der Waals surface area contributed by atoms with E-state index in [9.17, 15) is 0 Å². The van der Waals surface area contributed by atoms with Crippen molar-refractivity contribution in [1.29, 1.82) is 0 Å². The molecule has 0 aromatic rings. The summed E-state index contributed by atoms with van der Waals surface area (Å²) in [6, 6.07) is 0. The van der Waals surface area contributed by atoms with Crippen molar-refractivity contribution in [3.05, 3.63) is 0 Å². The van der Waals surface area contributed by atoms with Crippen molar-refractivity contribution in [3.8, 4) is 0 Å². The molecular formula is C4H6Li2O7. The van der Waals surface area contributed by atoms with Crippen LogP contribution in [-0.4, -0.2) is 35.7 Å². The zero-order valence-corrected chi connectivity index (χ0v) is 7.35. The summed E-state index contributed by atoms with van der Waals surface area (Å²) in [5, 5.41) is 33.4. The van der Waals surface area contributed by atoms with Crippen LogP contribution in [-0.2, 0) is 4.74 Å². The van der Waals surface area contributed by atoms with Gasteiger partial charge in [-0.3, -0.25) is 0 Å². The molecule has 0 unspecified atom stereocenters. The van der Waals surface area contributed by atoms with Gasteiger partial charge < -0.3 is 34.8 Å². The Labute approximate surface area is 98.0 Å². The van der Waals surface area contributed by atoms with Crippen LogP contribution in [0.4, 0.5) is 9.59 Å². The summed E-state index contributed by atoms with van der Waals surface area (Å²) < 4.78 is 2.86. The molecule has 0 bridgehead atoms. The maximum atomic E-state index is 9.06. The van der Waals surface area contributed by atoms with Gasteiger partial charge in [0.1, 0.15) is 0 Å². The topological polar surface area (TPSA) is 130 Å². The number of hydrogen-bond acceptors (Lipinski definition) is 7. The number of aliphatic hydroxyl groups excluding tert-OH is 2. The van der Waals surface area contributed by atoms with Crippen LogP contribution in [0.2, 0.25) is 0 Å². The van der Waals surface area contributed by atoms with Gasteiger partial charge in [-0.2, -0.15) is 0 Å². The second kappa shape index (κ2) is 17.8. The molecule has 66 valence electrons. The van der Waals surface area contributed by atoms with E-state index in [1.807, 2.05) is 0 Å². The van der Waals surface area contributed by atoms with Crippen molar-refractivity contribution in [3.63, 3.8) is 0 Å². The molecule has 0 saturated heterocycles. The molecule has 0 spiro atoms. The van der Waals surface area contributed by atoms with Crippen molar-refractivity contribution in [1.82, 2.24) is 0 Å². The molecule has 0 aliphatic carbocycles. The number of hydrogen-bond donors (Lipinski definition) is 2. The largest absolute Gasteiger partial charge is 1.00 e. The summed E-state index contributed by atoms with van der Waals surface area (Å²) in [5.74, 6) is 0. The van der Waals surface area contributed by atoms with Gasteiger partial charge in [0.05, 0.1) is 13.2 Å². The molecule has 0 saturated carbocycles. The Morgan fingerprint density at radius 1 is 1.00 bits per heavy atom. The summed E-state index contributed by atoms with van der Waals surface area (Å²) in [6.07, 6.45) is -4.25. The van der Waals surface area contributed by atoms with Gasteiger partial charge in [-0.05, 0) is 0 Å². The fourth-order valence-corrected chi connectivity index (χ4v) is 0.0680. The maximum absolute atomic E-state index is 9.06. The maximum Gasteiger partial charge on any atom is 1.00 e. The minimum absolute atomic E-state index is 0. The third kappa shape index (κ3) is 48.8. The number of rotatable bonds is 1. The van der Waals surface area contributed by atoms with Crippen LogP contribution in [0.15, 0.2) is 0 Å². The van der Waals surface area contributed by atoms with Crippen LogP contribution < -0.4 is 47.9 Å². The van der Waals surface area contributed by atoms with E-state index in [4.69, 9.17) is 30.0 Å². The average molecular weight is 180 g/mol. The van der Waals surface area contributed by atoms with Gasteiger partial charge in [0.15, 0.2) is 0 Å². The van der Waals surface area contributed by atoms with Crippen molar-refractivity contribution in [2.24, 2.45) is 0 Å². The number of carboxylic acid groups (broad SMARTS) is 2. The molecule has 0 aliphatic heterocycles. The molecule has 9 heteroatoms. The number of ether oxygens (including phenoxy) is 1. The molecule has 0 radical (unpaired) electrons. The van der Waals surface area contributed by atoms with Crippen molar-refractivity contribution >= 4 is 12.3 Å². The minimum Gasteiger partial charge on any atom is -0.483 e. The van der Waals surface area contributed by atoms with Gasteiger partial charge in [-0.25, -0.2) is 0 Å². The molecule has 0 atom stereocenters. The molecule has 13 heavy (non-hydrogen) atoms. The average Bonchev–Trinajstić information content (AvgIpc) is 1.85.